The van der Waals surface area contributed by atoms with Crippen molar-refractivity contribution in [3.8, 4) is 0 Å². The molecule has 0 bridgehead atoms. The van der Waals surface area contributed by atoms with E-state index in [2.05, 4.69) is 29.2 Å². The Balaban J connectivity index is 1.50. The molecule has 40 heavy (non-hydrogen) atoms. The number of nitro benzene ring substituents is 1. The maximum Gasteiger partial charge on any atom is 0.332 e. The van der Waals surface area contributed by atoms with Crippen LogP contribution in [-0.2, 0) is 16.0 Å². The number of nitro groups is 1. The topological polar surface area (TPSA) is 107 Å². The number of amides is 4. The number of carbonyl (C=O) groups excluding carboxylic acids is 3. The number of rotatable bonds is 4. The minimum absolute atomic E-state index is 0.0278. The van der Waals surface area contributed by atoms with Gasteiger partial charge in [0.25, 0.3) is 5.69 Å². The predicted octanol–water partition coefficient (Wildman–Crippen LogP) is 3.47. The highest BCUT2D eigenvalue weighted by atomic mass is 16.6. The molecule has 0 aliphatic carbocycles. The summed E-state index contributed by atoms with van der Waals surface area (Å²) in [6.45, 7) is 1.50. The smallest absolute Gasteiger partial charge is 0.332 e. The first-order chi connectivity index (χ1) is 19.2. The lowest BCUT2D eigenvalue weighted by Gasteiger charge is -2.57. The van der Waals surface area contributed by atoms with Crippen LogP contribution in [0, 0.1) is 15.5 Å². The molecule has 0 unspecified atom stereocenters. The van der Waals surface area contributed by atoms with Crippen molar-refractivity contribution in [1.82, 2.24) is 14.7 Å². The molecule has 3 heterocycles. The Labute approximate surface area is 231 Å². The summed E-state index contributed by atoms with van der Waals surface area (Å²) in [7, 11) is 2.78. The molecule has 1 spiro atoms. The minimum Gasteiger partial charge on any atom is -0.364 e. The monoisotopic (exact) mass is 539 g/mol. The van der Waals surface area contributed by atoms with E-state index in [1.54, 1.807) is 6.07 Å². The van der Waals surface area contributed by atoms with Gasteiger partial charge in [-0.25, -0.2) is 4.79 Å². The van der Waals surface area contributed by atoms with Crippen molar-refractivity contribution >= 4 is 29.2 Å². The number of imide groups is 2. The van der Waals surface area contributed by atoms with Crippen LogP contribution < -0.4 is 4.90 Å². The second-order valence-corrected chi connectivity index (χ2v) is 10.7. The van der Waals surface area contributed by atoms with Crippen molar-refractivity contribution in [2.24, 2.45) is 5.41 Å². The van der Waals surface area contributed by atoms with Gasteiger partial charge < -0.3 is 4.90 Å². The highest BCUT2D eigenvalue weighted by Gasteiger charge is 2.64. The van der Waals surface area contributed by atoms with Crippen LogP contribution in [-0.4, -0.2) is 77.2 Å². The molecule has 0 saturated carbocycles. The Hall–Kier alpha value is -4.57. The van der Waals surface area contributed by atoms with Crippen LogP contribution in [0.5, 0.6) is 0 Å². The van der Waals surface area contributed by atoms with Crippen LogP contribution in [0.3, 0.4) is 0 Å². The Morgan fingerprint density at radius 1 is 0.850 bits per heavy atom. The lowest BCUT2D eigenvalue weighted by atomic mass is 9.67. The van der Waals surface area contributed by atoms with E-state index in [0.717, 1.165) is 26.6 Å². The SMILES string of the molecule is CN1C(=O)N(C)C(=O)C2(Cc3cc([N+](=O)[O-])ccc3N3CCN(C(c4ccccc4)c4ccccc4)C[C@H]32)C1=O. The first kappa shape index (κ1) is 25.7. The summed E-state index contributed by atoms with van der Waals surface area (Å²) in [6.07, 6.45) is -0.0278. The van der Waals surface area contributed by atoms with Crippen molar-refractivity contribution in [2.75, 3.05) is 38.6 Å². The normalized spacial score (nSPS) is 20.6. The number of carbonyl (C=O) groups is 3. The molecule has 10 nitrogen and oxygen atoms in total. The van der Waals surface area contributed by atoms with Crippen molar-refractivity contribution in [3.63, 3.8) is 0 Å². The van der Waals surface area contributed by atoms with Crippen molar-refractivity contribution in [3.05, 3.63) is 106 Å². The standard InChI is InChI=1S/C30H29N5O5/c1-31-27(36)30(28(37)32(2)29(31)38)18-22-17-23(35(39)40)13-14-24(22)34-16-15-33(19-25(30)34)26(20-9-5-3-6-10-20)21-11-7-4-8-12-21/h3-14,17,25-26H,15-16,18-19H2,1-2H3/t25-/m0/s1. The molecule has 4 amide bonds. The molecule has 1 atom stereocenters. The predicted molar refractivity (Wildman–Crippen MR) is 148 cm³/mol. The van der Waals surface area contributed by atoms with E-state index in [1.165, 1.54) is 26.2 Å². The summed E-state index contributed by atoms with van der Waals surface area (Å²) >= 11 is 0. The van der Waals surface area contributed by atoms with E-state index in [9.17, 15) is 24.5 Å². The number of barbiturate groups is 1. The summed E-state index contributed by atoms with van der Waals surface area (Å²) < 4.78 is 0. The molecule has 3 aromatic carbocycles. The number of urea groups is 1. The molecule has 6 rings (SSSR count). The Morgan fingerprint density at radius 2 is 1.43 bits per heavy atom. The van der Waals surface area contributed by atoms with Crippen molar-refractivity contribution in [2.45, 2.75) is 18.5 Å². The van der Waals surface area contributed by atoms with Gasteiger partial charge in [0.1, 0.15) is 0 Å². The number of nitrogens with zero attached hydrogens (tertiary/aromatic N) is 5. The van der Waals surface area contributed by atoms with E-state index >= 15 is 0 Å². The summed E-state index contributed by atoms with van der Waals surface area (Å²) in [5, 5.41) is 11.6. The lowest BCUT2D eigenvalue weighted by Crippen LogP contribution is -2.74. The van der Waals surface area contributed by atoms with Gasteiger partial charge >= 0.3 is 6.03 Å². The summed E-state index contributed by atoms with van der Waals surface area (Å²) in [5.41, 5.74) is 1.80. The third-order valence-electron chi connectivity index (χ3n) is 8.58. The summed E-state index contributed by atoms with van der Waals surface area (Å²) in [5.74, 6) is -1.16. The zero-order chi connectivity index (χ0) is 28.2. The molecule has 3 aliphatic heterocycles. The zero-order valence-electron chi connectivity index (χ0n) is 22.3. The van der Waals surface area contributed by atoms with E-state index < -0.39 is 34.2 Å². The van der Waals surface area contributed by atoms with Gasteiger partial charge in [-0.3, -0.25) is 34.4 Å². The van der Waals surface area contributed by atoms with Gasteiger partial charge in [-0.1, -0.05) is 60.7 Å². The van der Waals surface area contributed by atoms with E-state index in [4.69, 9.17) is 0 Å². The number of benzene rings is 3. The molecule has 3 aromatic rings. The molecule has 0 radical (unpaired) electrons. The van der Waals surface area contributed by atoms with Crippen LogP contribution in [0.15, 0.2) is 78.9 Å². The summed E-state index contributed by atoms with van der Waals surface area (Å²) in [4.78, 5) is 58.3. The molecule has 0 N–H and O–H groups in total. The Bertz CT molecular complexity index is 1450. The average molecular weight is 540 g/mol. The van der Waals surface area contributed by atoms with E-state index in [0.29, 0.717) is 25.2 Å². The quantitative estimate of drug-likeness (QED) is 0.284. The first-order valence-electron chi connectivity index (χ1n) is 13.2. The molecule has 0 aromatic heterocycles. The fourth-order valence-electron chi connectivity index (χ4n) is 6.68. The number of fused-ring (bicyclic) bond motifs is 4. The Kier molecular flexibility index (Phi) is 6.14. The van der Waals surface area contributed by atoms with Crippen molar-refractivity contribution < 1.29 is 19.3 Å². The maximum absolute atomic E-state index is 14.0. The zero-order valence-corrected chi connectivity index (χ0v) is 22.3. The van der Waals surface area contributed by atoms with Gasteiger partial charge in [-0.05, 0) is 22.8 Å². The number of hydrogen-bond donors (Lipinski definition) is 0. The second kappa shape index (κ2) is 9.56. The first-order valence-corrected chi connectivity index (χ1v) is 13.2. The van der Waals surface area contributed by atoms with Crippen LogP contribution in [0.4, 0.5) is 16.2 Å². The Morgan fingerprint density at radius 3 is 1.98 bits per heavy atom. The van der Waals surface area contributed by atoms with Gasteiger partial charge in [-0.15, -0.1) is 0 Å². The molecule has 3 aliphatic rings. The van der Waals surface area contributed by atoms with Gasteiger partial charge in [-0.2, -0.15) is 0 Å². The number of piperazine rings is 1. The van der Waals surface area contributed by atoms with Gasteiger partial charge in [0.2, 0.25) is 11.8 Å². The molecule has 2 fully saturated rings. The molecule has 2 saturated heterocycles. The lowest BCUT2D eigenvalue weighted by molar-refractivity contribution is -0.384. The summed E-state index contributed by atoms with van der Waals surface area (Å²) in [6, 6.07) is 23.5. The van der Waals surface area contributed by atoms with Crippen LogP contribution in [0.1, 0.15) is 22.7 Å². The average Bonchev–Trinajstić information content (AvgIpc) is 2.99. The van der Waals surface area contributed by atoms with Crippen LogP contribution in [0.2, 0.25) is 0 Å². The third-order valence-corrected chi connectivity index (χ3v) is 8.58. The van der Waals surface area contributed by atoms with Crippen LogP contribution in [0.25, 0.3) is 0 Å². The molecule has 204 valence electrons. The number of hydrogen-bond acceptors (Lipinski definition) is 7. The van der Waals surface area contributed by atoms with Crippen molar-refractivity contribution in [1.29, 1.82) is 0 Å². The van der Waals surface area contributed by atoms with E-state index in [-0.39, 0.29) is 18.2 Å². The molecule has 10 heteroatoms. The number of anilines is 1. The fraction of sp³-hybridized carbons (Fsp3) is 0.300. The van der Waals surface area contributed by atoms with E-state index in [1.807, 2.05) is 41.3 Å². The van der Waals surface area contributed by atoms with Crippen LogP contribution >= 0.6 is 0 Å². The highest BCUT2D eigenvalue weighted by Crippen LogP contribution is 2.48. The molecular formula is C30H29N5O5. The highest BCUT2D eigenvalue weighted by molar-refractivity contribution is 6.20. The maximum atomic E-state index is 14.0. The largest absolute Gasteiger partial charge is 0.364 e. The van der Waals surface area contributed by atoms with Gasteiger partial charge in [0, 0.05) is 58.0 Å². The fourth-order valence-corrected chi connectivity index (χ4v) is 6.68. The number of non-ortho nitro benzene ring substituents is 1. The molecular weight excluding hydrogens is 510 g/mol. The third kappa shape index (κ3) is 3.78. The second-order valence-electron chi connectivity index (χ2n) is 10.7. The van der Waals surface area contributed by atoms with Gasteiger partial charge in [0.15, 0.2) is 5.41 Å². The minimum atomic E-state index is -1.61. The van der Waals surface area contributed by atoms with Gasteiger partial charge in [0.05, 0.1) is 17.0 Å².